The lowest BCUT2D eigenvalue weighted by Crippen LogP contribution is -2.46. The number of amides is 1. The van der Waals surface area contributed by atoms with Crippen LogP contribution >= 0.6 is 11.3 Å². The van der Waals surface area contributed by atoms with E-state index in [-0.39, 0.29) is 30.8 Å². The molecule has 1 amide bonds. The van der Waals surface area contributed by atoms with Crippen LogP contribution < -0.4 is 10.1 Å². The Hall–Kier alpha value is -2.21. The highest BCUT2D eigenvalue weighted by Gasteiger charge is 2.41. The lowest BCUT2D eigenvalue weighted by Gasteiger charge is -2.36. The summed E-state index contributed by atoms with van der Waals surface area (Å²) in [6.45, 7) is 2.11. The largest absolute Gasteiger partial charge is 0.484 e. The quantitative estimate of drug-likeness (QED) is 0.503. The number of nitrogens with zero attached hydrogens (tertiary/aromatic N) is 2. The van der Waals surface area contributed by atoms with Crippen LogP contribution in [-0.2, 0) is 32.7 Å². The molecule has 0 aliphatic rings. The Morgan fingerprint density at radius 2 is 1.84 bits per heavy atom. The van der Waals surface area contributed by atoms with E-state index in [0.29, 0.717) is 23.5 Å². The first-order valence-corrected chi connectivity index (χ1v) is 10.7. The molecule has 0 spiro atoms. The topological polar surface area (TPSA) is 72.9 Å². The Morgan fingerprint density at radius 1 is 1.22 bits per heavy atom. The Balaban J connectivity index is 2.04. The third-order valence-corrected chi connectivity index (χ3v) is 6.00. The zero-order valence-electron chi connectivity index (χ0n) is 18.7. The molecule has 0 saturated carbocycles. The molecule has 1 aromatic carbocycles. The highest BCUT2D eigenvalue weighted by molar-refractivity contribution is 7.09. The number of ether oxygens (including phenoxy) is 3. The van der Waals surface area contributed by atoms with E-state index >= 15 is 0 Å². The first kappa shape index (κ1) is 26.0. The molecule has 1 heterocycles. The Morgan fingerprint density at radius 3 is 2.34 bits per heavy atom. The van der Waals surface area contributed by atoms with Gasteiger partial charge in [-0.1, -0.05) is 12.1 Å². The Bertz CT molecular complexity index is 870. The number of alkyl halides is 3. The van der Waals surface area contributed by atoms with E-state index in [1.54, 1.807) is 12.1 Å². The summed E-state index contributed by atoms with van der Waals surface area (Å²) in [5.74, 6) is -1.06. The molecule has 32 heavy (non-hydrogen) atoms. The SMILES string of the molecule is CNC(=O)COc1ccc(CC(C)N(C)CC(OC)(OC)c2csc(C(F)(F)F)n2)cc1. The lowest BCUT2D eigenvalue weighted by molar-refractivity contribution is -0.229. The maximum atomic E-state index is 13.0. The molecule has 1 atom stereocenters. The second-order valence-electron chi connectivity index (χ2n) is 7.27. The van der Waals surface area contributed by atoms with Gasteiger partial charge in [0.25, 0.3) is 5.91 Å². The van der Waals surface area contributed by atoms with Crippen LogP contribution in [-0.4, -0.2) is 63.3 Å². The molecule has 0 fully saturated rings. The highest BCUT2D eigenvalue weighted by atomic mass is 32.1. The van der Waals surface area contributed by atoms with E-state index in [4.69, 9.17) is 14.2 Å². The van der Waals surface area contributed by atoms with Crippen molar-refractivity contribution in [2.75, 3.05) is 41.5 Å². The first-order valence-electron chi connectivity index (χ1n) is 9.80. The zero-order valence-corrected chi connectivity index (χ0v) is 19.5. The number of hydrogen-bond acceptors (Lipinski definition) is 7. The Kier molecular flexibility index (Phi) is 9.02. The number of carbonyl (C=O) groups excluding carboxylic acids is 1. The van der Waals surface area contributed by atoms with E-state index < -0.39 is 17.0 Å². The van der Waals surface area contributed by atoms with Crippen LogP contribution in [0.25, 0.3) is 0 Å². The molecule has 7 nitrogen and oxygen atoms in total. The molecule has 0 aliphatic carbocycles. The van der Waals surface area contributed by atoms with Crippen molar-refractivity contribution in [1.82, 2.24) is 15.2 Å². The van der Waals surface area contributed by atoms with Gasteiger partial charge in [-0.25, -0.2) is 4.98 Å². The fraction of sp³-hybridized carbons (Fsp3) is 0.524. The van der Waals surface area contributed by atoms with Gasteiger partial charge in [0.1, 0.15) is 11.4 Å². The summed E-state index contributed by atoms with van der Waals surface area (Å²) < 4.78 is 55.4. The molecule has 0 saturated heterocycles. The van der Waals surface area contributed by atoms with Crippen LogP contribution in [0.1, 0.15) is 23.2 Å². The van der Waals surface area contributed by atoms with Gasteiger partial charge in [0.15, 0.2) is 11.6 Å². The van der Waals surface area contributed by atoms with Gasteiger partial charge in [-0.2, -0.15) is 13.2 Å². The van der Waals surface area contributed by atoms with Crippen molar-refractivity contribution in [1.29, 1.82) is 0 Å². The summed E-state index contributed by atoms with van der Waals surface area (Å²) in [5, 5.41) is 2.85. The molecule has 1 aromatic heterocycles. The molecule has 178 valence electrons. The number of thiazole rings is 1. The zero-order chi connectivity index (χ0) is 23.9. The van der Waals surface area contributed by atoms with Gasteiger partial charge in [-0.15, -0.1) is 11.3 Å². The molecular formula is C21H28F3N3O4S. The number of halogens is 3. The van der Waals surface area contributed by atoms with E-state index in [0.717, 1.165) is 5.56 Å². The number of nitrogens with one attached hydrogen (secondary N) is 1. The van der Waals surface area contributed by atoms with Gasteiger partial charge in [0, 0.05) is 32.7 Å². The summed E-state index contributed by atoms with van der Waals surface area (Å²) in [6, 6.07) is 7.39. The van der Waals surface area contributed by atoms with Crippen LogP contribution in [0.5, 0.6) is 5.75 Å². The second-order valence-corrected chi connectivity index (χ2v) is 8.13. The van der Waals surface area contributed by atoms with Crippen molar-refractivity contribution in [3.63, 3.8) is 0 Å². The molecule has 0 aliphatic heterocycles. The smallest absolute Gasteiger partial charge is 0.443 e. The van der Waals surface area contributed by atoms with Crippen LogP contribution in [0.3, 0.4) is 0 Å². The van der Waals surface area contributed by atoms with Crippen LogP contribution in [0, 0.1) is 0 Å². The Labute approximate surface area is 189 Å². The van der Waals surface area contributed by atoms with Crippen molar-refractivity contribution in [2.45, 2.75) is 31.3 Å². The number of rotatable bonds is 11. The summed E-state index contributed by atoms with van der Waals surface area (Å²) in [6.07, 6.45) is -3.86. The van der Waals surface area contributed by atoms with E-state index in [1.807, 2.05) is 31.0 Å². The molecule has 0 bridgehead atoms. The van der Waals surface area contributed by atoms with E-state index in [9.17, 15) is 18.0 Å². The monoisotopic (exact) mass is 475 g/mol. The van der Waals surface area contributed by atoms with Crippen molar-refractivity contribution in [3.8, 4) is 5.75 Å². The lowest BCUT2D eigenvalue weighted by atomic mass is 10.0. The number of likely N-dealkylation sites (N-methyl/N-ethyl adjacent to an activating group) is 2. The number of benzene rings is 1. The van der Waals surface area contributed by atoms with Crippen molar-refractivity contribution in [3.05, 3.63) is 45.9 Å². The third-order valence-electron chi connectivity index (χ3n) is 5.11. The third kappa shape index (κ3) is 6.64. The minimum Gasteiger partial charge on any atom is -0.484 e. The minimum absolute atomic E-state index is 0.0121. The van der Waals surface area contributed by atoms with Crippen molar-refractivity contribution in [2.24, 2.45) is 0 Å². The molecule has 1 unspecified atom stereocenters. The standard InChI is InChI=1S/C21H28F3N3O4S/c1-14(10-15-6-8-16(9-7-15)31-11-18(28)25-2)27(3)13-20(29-4,30-5)17-12-32-19(26-17)21(22,23)24/h6-9,12,14H,10-11,13H2,1-5H3,(H,25,28). The van der Waals surface area contributed by atoms with Gasteiger partial charge >= 0.3 is 6.18 Å². The van der Waals surface area contributed by atoms with Gasteiger partial charge in [-0.3, -0.25) is 9.69 Å². The van der Waals surface area contributed by atoms with Crippen LogP contribution in [0.4, 0.5) is 13.2 Å². The van der Waals surface area contributed by atoms with Gasteiger partial charge in [-0.05, 0) is 38.1 Å². The molecule has 2 aromatic rings. The first-order chi connectivity index (χ1) is 15.0. The average Bonchev–Trinajstić information content (AvgIpc) is 3.28. The maximum Gasteiger partial charge on any atom is 0.443 e. The molecular weight excluding hydrogens is 447 g/mol. The molecule has 0 radical (unpaired) electrons. The number of methoxy groups -OCH3 is 2. The summed E-state index contributed by atoms with van der Waals surface area (Å²) >= 11 is 0.509. The molecule has 1 N–H and O–H groups in total. The van der Waals surface area contributed by atoms with Gasteiger partial charge in [0.05, 0.1) is 6.54 Å². The molecule has 2 rings (SSSR count). The fourth-order valence-corrected chi connectivity index (χ4v) is 3.75. The molecule has 11 heteroatoms. The summed E-state index contributed by atoms with van der Waals surface area (Å²) in [7, 11) is 6.14. The average molecular weight is 476 g/mol. The fourth-order valence-electron chi connectivity index (χ4n) is 3.01. The number of carbonyl (C=O) groups is 1. The second kappa shape index (κ2) is 11.1. The van der Waals surface area contributed by atoms with Crippen LogP contribution in [0.2, 0.25) is 0 Å². The van der Waals surface area contributed by atoms with E-state index in [2.05, 4.69) is 10.3 Å². The highest BCUT2D eigenvalue weighted by Crippen LogP contribution is 2.36. The van der Waals surface area contributed by atoms with Gasteiger partial charge < -0.3 is 19.5 Å². The maximum absolute atomic E-state index is 13.0. The predicted molar refractivity (Wildman–Crippen MR) is 115 cm³/mol. The van der Waals surface area contributed by atoms with Crippen LogP contribution in [0.15, 0.2) is 29.6 Å². The number of hydrogen-bond donors (Lipinski definition) is 1. The summed E-state index contributed by atoms with van der Waals surface area (Å²) in [5.41, 5.74) is 1.11. The van der Waals surface area contributed by atoms with E-state index in [1.165, 1.54) is 26.6 Å². The van der Waals surface area contributed by atoms with Gasteiger partial charge in [0.2, 0.25) is 5.79 Å². The minimum atomic E-state index is -4.52. The predicted octanol–water partition coefficient (Wildman–Crippen LogP) is 3.30. The number of aromatic nitrogens is 1. The normalized spacial score (nSPS) is 13.3. The van der Waals surface area contributed by atoms with Crippen molar-refractivity contribution < 1.29 is 32.2 Å². The summed E-state index contributed by atoms with van der Waals surface area (Å²) in [4.78, 5) is 16.9. The van der Waals surface area contributed by atoms with Crippen molar-refractivity contribution >= 4 is 17.2 Å².